The topological polar surface area (TPSA) is 75.5 Å². The number of hydrogen-bond acceptors (Lipinski definition) is 4. The van der Waals surface area contributed by atoms with E-state index in [1.54, 1.807) is 37.7 Å². The van der Waals surface area contributed by atoms with Crippen molar-refractivity contribution in [2.24, 2.45) is 7.05 Å². The average molecular weight is 419 g/mol. The summed E-state index contributed by atoms with van der Waals surface area (Å²) in [6.07, 6.45) is 3.00. The standard InChI is InChI=1S/C21H30N4O3S/c1-15-9-11-19(12-10-15)25(14-20(26)24-13-7-6-8-16(24)2)29(27,28)21-17(3)22-23(5)18(21)4/h9-12,16H,6-8,13-14H2,1-5H3. The Morgan fingerprint density at radius 1 is 1.17 bits per heavy atom. The van der Waals surface area contributed by atoms with E-state index in [2.05, 4.69) is 5.10 Å². The van der Waals surface area contributed by atoms with Crippen molar-refractivity contribution in [1.82, 2.24) is 14.7 Å². The van der Waals surface area contributed by atoms with Gasteiger partial charge >= 0.3 is 0 Å². The normalized spacial score (nSPS) is 17.4. The van der Waals surface area contributed by atoms with E-state index in [-0.39, 0.29) is 23.4 Å². The smallest absolute Gasteiger partial charge is 0.268 e. The van der Waals surface area contributed by atoms with Crippen LogP contribution in [-0.2, 0) is 21.9 Å². The predicted octanol–water partition coefficient (Wildman–Crippen LogP) is 2.94. The first kappa shape index (κ1) is 21.4. The summed E-state index contributed by atoms with van der Waals surface area (Å²) >= 11 is 0. The number of aromatic nitrogens is 2. The van der Waals surface area contributed by atoms with Gasteiger partial charge in [0.25, 0.3) is 10.0 Å². The van der Waals surface area contributed by atoms with Gasteiger partial charge in [-0.3, -0.25) is 13.8 Å². The molecule has 1 saturated heterocycles. The second-order valence-corrected chi connectivity index (χ2v) is 9.70. The van der Waals surface area contributed by atoms with E-state index in [1.165, 1.54) is 4.31 Å². The fourth-order valence-electron chi connectivity index (χ4n) is 3.95. The molecule has 3 rings (SSSR count). The van der Waals surface area contributed by atoms with Gasteiger partial charge in [0.1, 0.15) is 11.4 Å². The molecule has 0 N–H and O–H groups in total. The van der Waals surface area contributed by atoms with Gasteiger partial charge in [0.15, 0.2) is 0 Å². The van der Waals surface area contributed by atoms with Crippen LogP contribution in [-0.4, -0.2) is 48.1 Å². The summed E-state index contributed by atoms with van der Waals surface area (Å²) in [5.74, 6) is -0.166. The Balaban J connectivity index is 2.03. The number of rotatable bonds is 5. The second-order valence-electron chi connectivity index (χ2n) is 7.90. The number of carbonyl (C=O) groups excluding carboxylic acids is 1. The average Bonchev–Trinajstić information content (AvgIpc) is 2.93. The fourth-order valence-corrected chi connectivity index (χ4v) is 5.77. The Kier molecular flexibility index (Phi) is 6.03. The third-order valence-electron chi connectivity index (χ3n) is 5.71. The number of nitrogens with zero attached hydrogens (tertiary/aromatic N) is 4. The predicted molar refractivity (Wildman–Crippen MR) is 113 cm³/mol. The zero-order valence-corrected chi connectivity index (χ0v) is 18.7. The summed E-state index contributed by atoms with van der Waals surface area (Å²) in [6, 6.07) is 7.34. The van der Waals surface area contributed by atoms with E-state index in [9.17, 15) is 13.2 Å². The molecule has 1 aromatic heterocycles. The minimum Gasteiger partial charge on any atom is -0.338 e. The van der Waals surface area contributed by atoms with Crippen LogP contribution in [0.5, 0.6) is 0 Å². The van der Waals surface area contributed by atoms with Crippen LogP contribution in [0.3, 0.4) is 0 Å². The van der Waals surface area contributed by atoms with Crippen LogP contribution in [0.25, 0.3) is 0 Å². The molecule has 8 heteroatoms. The van der Waals surface area contributed by atoms with Crippen LogP contribution < -0.4 is 4.31 Å². The Hall–Kier alpha value is -2.35. The third kappa shape index (κ3) is 4.17. The number of piperidine rings is 1. The highest BCUT2D eigenvalue weighted by Gasteiger charge is 2.34. The van der Waals surface area contributed by atoms with E-state index in [0.717, 1.165) is 24.8 Å². The first-order chi connectivity index (χ1) is 13.6. The number of anilines is 1. The molecule has 1 amide bonds. The number of benzene rings is 1. The summed E-state index contributed by atoms with van der Waals surface area (Å²) in [5, 5.41) is 4.26. The lowest BCUT2D eigenvalue weighted by Crippen LogP contribution is -2.48. The number of hydrogen-bond donors (Lipinski definition) is 0. The van der Waals surface area contributed by atoms with Crippen LogP contribution in [0.15, 0.2) is 29.2 Å². The van der Waals surface area contributed by atoms with E-state index >= 15 is 0 Å². The molecule has 1 aromatic carbocycles. The molecule has 29 heavy (non-hydrogen) atoms. The molecule has 1 aliphatic rings. The molecule has 1 atom stereocenters. The van der Waals surface area contributed by atoms with Crippen molar-refractivity contribution in [2.75, 3.05) is 17.4 Å². The second kappa shape index (κ2) is 8.18. The number of sulfonamides is 1. The van der Waals surface area contributed by atoms with Gasteiger partial charge in [-0.25, -0.2) is 8.42 Å². The van der Waals surface area contributed by atoms with Crippen LogP contribution in [0, 0.1) is 20.8 Å². The summed E-state index contributed by atoms with van der Waals surface area (Å²) in [6.45, 7) is 7.84. The van der Waals surface area contributed by atoms with Crippen molar-refractivity contribution in [3.8, 4) is 0 Å². The lowest BCUT2D eigenvalue weighted by Gasteiger charge is -2.35. The largest absolute Gasteiger partial charge is 0.338 e. The fraction of sp³-hybridized carbons (Fsp3) is 0.524. The Bertz CT molecular complexity index is 996. The van der Waals surface area contributed by atoms with Crippen LogP contribution in [0.2, 0.25) is 0 Å². The van der Waals surface area contributed by atoms with E-state index in [1.807, 2.05) is 30.9 Å². The third-order valence-corrected chi connectivity index (χ3v) is 7.74. The first-order valence-electron chi connectivity index (χ1n) is 10.0. The van der Waals surface area contributed by atoms with Crippen molar-refractivity contribution in [1.29, 1.82) is 0 Å². The monoisotopic (exact) mass is 418 g/mol. The molecule has 0 saturated carbocycles. The minimum absolute atomic E-state index is 0.126. The molecule has 0 radical (unpaired) electrons. The maximum Gasteiger partial charge on any atom is 0.268 e. The SMILES string of the molecule is Cc1ccc(N(CC(=O)N2CCCCC2C)S(=O)(=O)c2c(C)nn(C)c2C)cc1. The Labute approximate surface area is 173 Å². The minimum atomic E-state index is -3.96. The highest BCUT2D eigenvalue weighted by Crippen LogP contribution is 2.28. The molecule has 7 nitrogen and oxygen atoms in total. The number of likely N-dealkylation sites (tertiary alicyclic amines) is 1. The molecule has 0 aliphatic carbocycles. The van der Waals surface area contributed by atoms with Crippen molar-refractivity contribution >= 4 is 21.6 Å². The summed E-state index contributed by atoms with van der Waals surface area (Å²) < 4.78 is 30.1. The van der Waals surface area contributed by atoms with Gasteiger partial charge < -0.3 is 4.90 Å². The molecule has 1 aliphatic heterocycles. The van der Waals surface area contributed by atoms with Gasteiger partial charge in [-0.1, -0.05) is 17.7 Å². The summed E-state index contributed by atoms with van der Waals surface area (Å²) in [7, 11) is -2.24. The molecule has 1 unspecified atom stereocenters. The van der Waals surface area contributed by atoms with Crippen molar-refractivity contribution in [3.05, 3.63) is 41.2 Å². The molecule has 2 heterocycles. The van der Waals surface area contributed by atoms with Gasteiger partial charge in [0.05, 0.1) is 17.1 Å². The van der Waals surface area contributed by atoms with Crippen molar-refractivity contribution in [3.63, 3.8) is 0 Å². The molecule has 1 fully saturated rings. The van der Waals surface area contributed by atoms with E-state index < -0.39 is 10.0 Å². The Morgan fingerprint density at radius 3 is 2.38 bits per heavy atom. The van der Waals surface area contributed by atoms with E-state index in [4.69, 9.17) is 0 Å². The first-order valence-corrected chi connectivity index (χ1v) is 11.5. The van der Waals surface area contributed by atoms with Gasteiger partial charge in [0.2, 0.25) is 5.91 Å². The van der Waals surface area contributed by atoms with Gasteiger partial charge in [-0.15, -0.1) is 0 Å². The lowest BCUT2D eigenvalue weighted by atomic mass is 10.0. The summed E-state index contributed by atoms with van der Waals surface area (Å²) in [4.78, 5) is 15.1. The number of aryl methyl sites for hydroxylation is 3. The maximum atomic E-state index is 13.7. The molecule has 2 aromatic rings. The van der Waals surface area contributed by atoms with Gasteiger partial charge in [-0.05, 0) is 59.1 Å². The van der Waals surface area contributed by atoms with Crippen molar-refractivity contribution in [2.45, 2.75) is 57.9 Å². The highest BCUT2D eigenvalue weighted by atomic mass is 32.2. The zero-order valence-electron chi connectivity index (χ0n) is 17.8. The molecule has 158 valence electrons. The van der Waals surface area contributed by atoms with Gasteiger partial charge in [0, 0.05) is 19.6 Å². The molecule has 0 spiro atoms. The van der Waals surface area contributed by atoms with E-state index in [0.29, 0.717) is 23.6 Å². The highest BCUT2D eigenvalue weighted by molar-refractivity contribution is 7.93. The van der Waals surface area contributed by atoms with Crippen molar-refractivity contribution < 1.29 is 13.2 Å². The lowest BCUT2D eigenvalue weighted by molar-refractivity contribution is -0.132. The van der Waals surface area contributed by atoms with Crippen LogP contribution in [0.1, 0.15) is 43.1 Å². The zero-order chi connectivity index (χ0) is 21.3. The van der Waals surface area contributed by atoms with Crippen LogP contribution in [0.4, 0.5) is 5.69 Å². The van der Waals surface area contributed by atoms with Crippen LogP contribution >= 0.6 is 0 Å². The molecule has 0 bridgehead atoms. The Morgan fingerprint density at radius 2 is 1.83 bits per heavy atom. The summed E-state index contributed by atoms with van der Waals surface area (Å²) in [5.41, 5.74) is 2.49. The van der Waals surface area contributed by atoms with Gasteiger partial charge in [-0.2, -0.15) is 5.10 Å². The maximum absolute atomic E-state index is 13.7. The number of carbonyl (C=O) groups is 1. The molecular weight excluding hydrogens is 388 g/mol. The molecular formula is C21H30N4O3S. The quantitative estimate of drug-likeness (QED) is 0.748. The number of amides is 1.